The lowest BCUT2D eigenvalue weighted by atomic mass is 10.1. The van der Waals surface area contributed by atoms with Gasteiger partial charge in [0.2, 0.25) is 0 Å². The van der Waals surface area contributed by atoms with Crippen LogP contribution in [0.5, 0.6) is 11.5 Å². The van der Waals surface area contributed by atoms with E-state index in [4.69, 9.17) is 45.6 Å². The highest BCUT2D eigenvalue weighted by molar-refractivity contribution is 9.10. The van der Waals surface area contributed by atoms with E-state index in [0.29, 0.717) is 65.2 Å². The molecule has 27 heteroatoms. The number of nitrogens with zero attached hydrogens (tertiary/aromatic N) is 1. The van der Waals surface area contributed by atoms with E-state index < -0.39 is 52.4 Å². The molecule has 0 fully saturated rings. The largest absolute Gasteiger partial charge is 0.507 e. The van der Waals surface area contributed by atoms with Gasteiger partial charge in [-0.1, -0.05) is 64.5 Å². The van der Waals surface area contributed by atoms with Crippen molar-refractivity contribution in [1.29, 1.82) is 0 Å². The standard InChI is InChI=1S/C9H8O4.C8H5BrO3.C8H5NO5.C8H6O4.3C8H6O3/c1-13-8-4-6(5-10)2-3-7(8)9(11)12;9-6-2-1-5(4-10)7(3-6)8(11)12;10-4-6-2-1-5(8(11)12)3-7(6)9(13)14;9-4-5-1-2-7(10)6(3-5)8(11)12;9-5-6-1-3-7(4-2-6)8(10)11;9-5-6-2-1-3-7(4-6)8(10)11;9-5-6-3-1-2-4-7(6)8(10)11/h2-5H,1H3,(H,11,12);1-4H,(H,11,12);1-4H,(H,11,12);1-4,10H,(H,11,12);3*1-5H,(H,10,11). The summed E-state index contributed by atoms with van der Waals surface area (Å²) in [6.45, 7) is 0. The van der Waals surface area contributed by atoms with E-state index in [0.717, 1.165) is 24.3 Å². The lowest BCUT2D eigenvalue weighted by molar-refractivity contribution is -0.385. The van der Waals surface area contributed by atoms with E-state index >= 15 is 0 Å². The number of aromatic hydroxyl groups is 1. The van der Waals surface area contributed by atoms with Gasteiger partial charge in [-0.15, -0.1) is 0 Å². The zero-order valence-corrected chi connectivity index (χ0v) is 44.3. The molecule has 0 bridgehead atoms. The van der Waals surface area contributed by atoms with Gasteiger partial charge in [0.1, 0.15) is 47.8 Å². The third-order valence-corrected chi connectivity index (χ3v) is 10.3. The molecule has 0 amide bonds. The highest BCUT2D eigenvalue weighted by atomic mass is 79.9. The number of carboxylic acids is 7. The van der Waals surface area contributed by atoms with Crippen molar-refractivity contribution in [2.24, 2.45) is 0 Å². The van der Waals surface area contributed by atoms with Gasteiger partial charge in [0.05, 0.1) is 45.4 Å². The topological polar surface area (TPSA) is 453 Å². The second kappa shape index (κ2) is 36.2. The molecule has 0 aromatic heterocycles. The fourth-order valence-corrected chi connectivity index (χ4v) is 6.11. The number of ether oxygens (including phenoxy) is 1. The molecule has 7 rings (SSSR count). The van der Waals surface area contributed by atoms with E-state index in [1.165, 1.54) is 104 Å². The summed E-state index contributed by atoms with van der Waals surface area (Å²) >= 11 is 3.11. The number of nitro groups is 1. The summed E-state index contributed by atoms with van der Waals surface area (Å²) in [5, 5.41) is 79.3. The molecule has 7 aromatic rings. The first kappa shape index (κ1) is 70.0. The Morgan fingerprint density at radius 1 is 0.405 bits per heavy atom. The molecular weight excluding hydrogens is 1180 g/mol. The number of methoxy groups -OCH3 is 1. The Morgan fingerprint density at radius 2 is 0.845 bits per heavy atom. The highest BCUT2D eigenvalue weighted by Gasteiger charge is 2.17. The second-order valence-corrected chi connectivity index (χ2v) is 16.2. The number of phenols is 1. The number of carboxylic acid groups (broad SMARTS) is 7. The number of hydrogen-bond donors (Lipinski definition) is 8. The minimum atomic E-state index is -1.27. The molecule has 0 spiro atoms. The molecular formula is C57H42BrNO25. The monoisotopic (exact) mass is 1220 g/mol. The van der Waals surface area contributed by atoms with Crippen LogP contribution in [-0.2, 0) is 0 Å². The van der Waals surface area contributed by atoms with Crippen LogP contribution in [0, 0.1) is 10.1 Å². The van der Waals surface area contributed by atoms with Crippen molar-refractivity contribution in [3.63, 3.8) is 0 Å². The number of carbonyl (C=O) groups excluding carboxylic acids is 7. The van der Waals surface area contributed by atoms with Gasteiger partial charge in [-0.05, 0) is 91.0 Å². The number of halogens is 1. The van der Waals surface area contributed by atoms with Gasteiger partial charge in [-0.3, -0.25) is 43.7 Å². The molecule has 0 saturated heterocycles. The molecule has 8 N–H and O–H groups in total. The SMILES string of the molecule is COc1cc(C=O)ccc1C(=O)O.O=Cc1ccc(Br)cc1C(=O)O.O=Cc1ccc(C(=O)O)cc1.O=Cc1ccc(C(=O)O)cc1[N+](=O)[O-].O=Cc1ccc(O)c(C(=O)O)c1.O=Cc1cccc(C(=O)O)c1.O=Cc1ccccc1C(=O)O. The van der Waals surface area contributed by atoms with Crippen molar-refractivity contribution in [2.45, 2.75) is 0 Å². The van der Waals surface area contributed by atoms with Crippen molar-refractivity contribution >= 4 is 107 Å². The van der Waals surface area contributed by atoms with E-state index in [9.17, 15) is 77.2 Å². The summed E-state index contributed by atoms with van der Waals surface area (Å²) in [5.74, 6) is -7.93. The predicted octanol–water partition coefficient (Wildman–Crippen LogP) is 8.77. The minimum absolute atomic E-state index is 0.0133. The number of carbonyl (C=O) groups is 14. The van der Waals surface area contributed by atoms with Crippen LogP contribution in [0.3, 0.4) is 0 Å². The van der Waals surface area contributed by atoms with Crippen LogP contribution in [0.4, 0.5) is 5.69 Å². The van der Waals surface area contributed by atoms with Crippen LogP contribution >= 0.6 is 15.9 Å². The van der Waals surface area contributed by atoms with Crippen LogP contribution in [0.2, 0.25) is 0 Å². The lowest BCUT2D eigenvalue weighted by Crippen LogP contribution is -2.01. The molecule has 26 nitrogen and oxygen atoms in total. The fraction of sp³-hybridized carbons (Fsp3) is 0.0175. The second-order valence-electron chi connectivity index (χ2n) is 15.3. The van der Waals surface area contributed by atoms with Crippen LogP contribution in [-0.4, -0.2) is 139 Å². The first-order chi connectivity index (χ1) is 39.8. The first-order valence-electron chi connectivity index (χ1n) is 22.5. The average molecular weight is 1220 g/mol. The summed E-state index contributed by atoms with van der Waals surface area (Å²) in [7, 11) is 1.36. The van der Waals surface area contributed by atoms with Gasteiger partial charge in [-0.25, -0.2) is 33.6 Å². The van der Waals surface area contributed by atoms with Gasteiger partial charge >= 0.3 is 41.8 Å². The molecule has 84 heavy (non-hydrogen) atoms. The van der Waals surface area contributed by atoms with Gasteiger partial charge in [0.15, 0.2) is 18.9 Å². The predicted molar refractivity (Wildman–Crippen MR) is 294 cm³/mol. The Morgan fingerprint density at radius 3 is 1.31 bits per heavy atom. The van der Waals surface area contributed by atoms with Crippen LogP contribution in [0.1, 0.15) is 145 Å². The van der Waals surface area contributed by atoms with E-state index in [1.807, 2.05) is 0 Å². The number of rotatable bonds is 16. The summed E-state index contributed by atoms with van der Waals surface area (Å²) in [5.41, 5.74) is 1.18. The molecule has 0 heterocycles. The maximum Gasteiger partial charge on any atom is 0.339 e. The van der Waals surface area contributed by atoms with E-state index in [1.54, 1.807) is 24.3 Å². The number of hydrogen-bond acceptors (Lipinski definition) is 18. The third-order valence-electron chi connectivity index (χ3n) is 9.83. The van der Waals surface area contributed by atoms with Crippen molar-refractivity contribution < 1.29 is 118 Å². The van der Waals surface area contributed by atoms with Crippen molar-refractivity contribution in [3.05, 3.63) is 238 Å². The van der Waals surface area contributed by atoms with Gasteiger partial charge < -0.3 is 45.6 Å². The summed E-state index contributed by atoms with van der Waals surface area (Å²) < 4.78 is 5.45. The maximum absolute atomic E-state index is 10.6. The van der Waals surface area contributed by atoms with Gasteiger partial charge in [0.25, 0.3) is 5.69 Å². The number of aldehydes is 7. The molecule has 0 radical (unpaired) electrons. The molecule has 7 aromatic carbocycles. The average Bonchev–Trinajstić information content (AvgIpc) is 3.54. The van der Waals surface area contributed by atoms with Crippen LogP contribution < -0.4 is 4.74 Å². The Balaban J connectivity index is 0.000000491. The summed E-state index contributed by atoms with van der Waals surface area (Å²) in [6.07, 6.45) is 3.81. The quantitative estimate of drug-likeness (QED) is 0.0254. The van der Waals surface area contributed by atoms with Crippen molar-refractivity contribution in [2.75, 3.05) is 7.11 Å². The Hall–Kier alpha value is -12.0. The molecule has 0 aliphatic heterocycles. The fourth-order valence-electron chi connectivity index (χ4n) is 5.75. The Labute approximate surface area is 480 Å². The molecule has 0 unspecified atom stereocenters. The zero-order valence-electron chi connectivity index (χ0n) is 42.7. The van der Waals surface area contributed by atoms with Crippen molar-refractivity contribution in [1.82, 2.24) is 0 Å². The molecule has 432 valence electrons. The van der Waals surface area contributed by atoms with Crippen LogP contribution in [0.25, 0.3) is 0 Å². The molecule has 0 aliphatic rings. The number of benzene rings is 7. The zero-order chi connectivity index (χ0) is 63.6. The molecule has 0 saturated carbocycles. The van der Waals surface area contributed by atoms with Gasteiger partial charge in [-0.2, -0.15) is 0 Å². The van der Waals surface area contributed by atoms with Gasteiger partial charge in [0, 0.05) is 43.9 Å². The first-order valence-corrected chi connectivity index (χ1v) is 23.2. The van der Waals surface area contributed by atoms with Crippen LogP contribution in [0.15, 0.2) is 150 Å². The lowest BCUT2D eigenvalue weighted by Gasteiger charge is -2.04. The summed E-state index contributed by atoms with van der Waals surface area (Å²) in [4.78, 5) is 155. The maximum atomic E-state index is 10.6. The highest BCUT2D eigenvalue weighted by Crippen LogP contribution is 2.21. The smallest absolute Gasteiger partial charge is 0.339 e. The minimum Gasteiger partial charge on any atom is -0.507 e. The van der Waals surface area contributed by atoms with E-state index in [-0.39, 0.29) is 72.7 Å². The Kier molecular flexibility index (Phi) is 30.2. The molecule has 0 atom stereocenters. The third kappa shape index (κ3) is 23.5. The normalized spacial score (nSPS) is 9.26. The summed E-state index contributed by atoms with van der Waals surface area (Å²) in [6, 6.07) is 33.0. The van der Waals surface area contributed by atoms with Crippen molar-refractivity contribution in [3.8, 4) is 11.5 Å². The molecule has 0 aliphatic carbocycles. The van der Waals surface area contributed by atoms with E-state index in [2.05, 4.69) is 15.9 Å². The number of nitro benzene ring substituents is 1. The number of aromatic carboxylic acids is 7. The Bertz CT molecular complexity index is 3590.